The van der Waals surface area contributed by atoms with Gasteiger partial charge in [0.05, 0.1) is 0 Å². The van der Waals surface area contributed by atoms with Crippen LogP contribution in [-0.4, -0.2) is 35.9 Å². The number of rotatable bonds is 9. The van der Waals surface area contributed by atoms with Crippen LogP contribution < -0.4 is 10.1 Å². The highest BCUT2D eigenvalue weighted by Gasteiger charge is 2.26. The van der Waals surface area contributed by atoms with E-state index in [2.05, 4.69) is 5.32 Å². The maximum atomic E-state index is 13.1. The number of nitrogens with one attached hydrogen (secondary N) is 1. The number of hydrogen-bond donors (Lipinski definition) is 1. The van der Waals surface area contributed by atoms with Gasteiger partial charge in [0.1, 0.15) is 11.8 Å². The average molecular weight is 431 g/mol. The molecule has 2 aromatic carbocycles. The second kappa shape index (κ2) is 11.0. The highest BCUT2D eigenvalue weighted by atomic mass is 35.5. The first-order chi connectivity index (χ1) is 14.2. The highest BCUT2D eigenvalue weighted by Crippen LogP contribution is 2.20. The Balaban J connectivity index is 2.17. The molecule has 0 fully saturated rings. The topological polar surface area (TPSA) is 58.6 Å². The number of benzene rings is 2. The van der Waals surface area contributed by atoms with Gasteiger partial charge in [-0.3, -0.25) is 9.59 Å². The fourth-order valence-corrected chi connectivity index (χ4v) is 3.17. The minimum Gasteiger partial charge on any atom is -0.483 e. The summed E-state index contributed by atoms with van der Waals surface area (Å²) in [5, 5.41) is 3.49. The van der Waals surface area contributed by atoms with Gasteiger partial charge in [-0.2, -0.15) is 0 Å². The van der Waals surface area contributed by atoms with Crippen molar-refractivity contribution in [1.29, 1.82) is 0 Å². The minimum absolute atomic E-state index is 0.146. The molecule has 2 rings (SSSR count). The number of halogens is 1. The van der Waals surface area contributed by atoms with Gasteiger partial charge in [-0.05, 0) is 61.6 Å². The molecule has 5 nitrogen and oxygen atoms in total. The van der Waals surface area contributed by atoms with Crippen LogP contribution in [0.25, 0.3) is 0 Å². The van der Waals surface area contributed by atoms with Gasteiger partial charge in [-0.1, -0.05) is 49.7 Å². The Labute approximate surface area is 184 Å². The van der Waals surface area contributed by atoms with Crippen molar-refractivity contribution < 1.29 is 14.3 Å². The fraction of sp³-hybridized carbons (Fsp3) is 0.417. The monoisotopic (exact) mass is 430 g/mol. The third kappa shape index (κ3) is 7.06. The lowest BCUT2D eigenvalue weighted by molar-refractivity contribution is -0.142. The summed E-state index contributed by atoms with van der Waals surface area (Å²) in [7, 11) is 0. The van der Waals surface area contributed by atoms with Gasteiger partial charge >= 0.3 is 0 Å². The van der Waals surface area contributed by atoms with Crippen LogP contribution in [-0.2, 0) is 16.1 Å². The molecule has 0 unspecified atom stereocenters. The van der Waals surface area contributed by atoms with Crippen LogP contribution >= 0.6 is 11.6 Å². The lowest BCUT2D eigenvalue weighted by Crippen LogP contribution is -2.49. The Morgan fingerprint density at radius 3 is 2.50 bits per heavy atom. The van der Waals surface area contributed by atoms with Gasteiger partial charge < -0.3 is 15.0 Å². The number of amides is 2. The molecule has 1 N–H and O–H groups in total. The van der Waals surface area contributed by atoms with E-state index >= 15 is 0 Å². The first-order valence-corrected chi connectivity index (χ1v) is 10.6. The third-order valence-corrected chi connectivity index (χ3v) is 5.02. The smallest absolute Gasteiger partial charge is 0.261 e. The van der Waals surface area contributed by atoms with E-state index < -0.39 is 6.04 Å². The largest absolute Gasteiger partial charge is 0.483 e. The Kier molecular flexibility index (Phi) is 8.72. The first-order valence-electron chi connectivity index (χ1n) is 10.2. The number of carbonyl (C=O) groups excluding carboxylic acids is 2. The van der Waals surface area contributed by atoms with E-state index in [0.717, 1.165) is 16.7 Å². The summed E-state index contributed by atoms with van der Waals surface area (Å²) in [5.74, 6) is 0.544. The molecular formula is C24H31ClN2O3. The van der Waals surface area contributed by atoms with E-state index in [-0.39, 0.29) is 25.0 Å². The normalized spacial score (nSPS) is 11.8. The standard InChI is InChI=1S/C24H31ClN2O3/c1-16(2)13-26-24(29)19(5)27(14-20-7-6-8-21(25)12-20)23(28)15-30-22-11-17(3)9-10-18(22)4/h6-12,16,19H,13-15H2,1-5H3,(H,26,29)/t19-/m1/s1. The van der Waals surface area contributed by atoms with Crippen LogP contribution in [0.3, 0.4) is 0 Å². The van der Waals surface area contributed by atoms with Gasteiger partial charge in [-0.25, -0.2) is 0 Å². The van der Waals surface area contributed by atoms with Crippen molar-refractivity contribution in [2.45, 2.75) is 47.2 Å². The van der Waals surface area contributed by atoms with Gasteiger partial charge in [-0.15, -0.1) is 0 Å². The van der Waals surface area contributed by atoms with Crippen molar-refractivity contribution in [3.63, 3.8) is 0 Å². The fourth-order valence-electron chi connectivity index (χ4n) is 2.95. The average Bonchev–Trinajstić information content (AvgIpc) is 2.70. The van der Waals surface area contributed by atoms with E-state index in [1.54, 1.807) is 19.1 Å². The number of ether oxygens (including phenoxy) is 1. The molecule has 0 saturated heterocycles. The zero-order valence-corrected chi connectivity index (χ0v) is 19.1. The van der Waals surface area contributed by atoms with Crippen molar-refractivity contribution in [3.05, 3.63) is 64.2 Å². The summed E-state index contributed by atoms with van der Waals surface area (Å²) in [6.45, 7) is 10.4. The molecule has 0 bridgehead atoms. The van der Waals surface area contributed by atoms with Crippen molar-refractivity contribution in [2.24, 2.45) is 5.92 Å². The first kappa shape index (κ1) is 23.7. The number of nitrogens with zero attached hydrogens (tertiary/aromatic N) is 1. The SMILES string of the molecule is Cc1ccc(C)c(OCC(=O)N(Cc2cccc(Cl)c2)[C@H](C)C(=O)NCC(C)C)c1. The van der Waals surface area contributed by atoms with E-state index in [1.807, 2.05) is 58.0 Å². The zero-order chi connectivity index (χ0) is 22.3. The molecule has 0 aliphatic heterocycles. The molecule has 0 radical (unpaired) electrons. The van der Waals surface area contributed by atoms with E-state index in [4.69, 9.17) is 16.3 Å². The molecule has 0 spiro atoms. The van der Waals surface area contributed by atoms with Gasteiger partial charge in [0.15, 0.2) is 6.61 Å². The molecule has 30 heavy (non-hydrogen) atoms. The maximum absolute atomic E-state index is 13.1. The molecule has 0 aromatic heterocycles. The van der Waals surface area contributed by atoms with E-state index in [1.165, 1.54) is 4.90 Å². The number of hydrogen-bond acceptors (Lipinski definition) is 3. The summed E-state index contributed by atoms with van der Waals surface area (Å²) in [4.78, 5) is 27.3. The van der Waals surface area contributed by atoms with Gasteiger partial charge in [0.2, 0.25) is 5.91 Å². The molecule has 2 aromatic rings. The van der Waals surface area contributed by atoms with Crippen LogP contribution in [0.1, 0.15) is 37.5 Å². The predicted octanol–water partition coefficient (Wildman–Crippen LogP) is 4.53. The second-order valence-corrected chi connectivity index (χ2v) is 8.46. The summed E-state index contributed by atoms with van der Waals surface area (Å²) in [5.41, 5.74) is 2.86. The third-order valence-electron chi connectivity index (χ3n) is 4.79. The highest BCUT2D eigenvalue weighted by molar-refractivity contribution is 6.30. The molecule has 6 heteroatoms. The Hall–Kier alpha value is -2.53. The molecule has 2 amide bonds. The Bertz CT molecular complexity index is 883. The number of carbonyl (C=O) groups is 2. The Morgan fingerprint density at radius 1 is 1.10 bits per heavy atom. The lowest BCUT2D eigenvalue weighted by atomic mass is 10.1. The van der Waals surface area contributed by atoms with Crippen LogP contribution in [0, 0.1) is 19.8 Å². The summed E-state index contributed by atoms with van der Waals surface area (Å²) in [6.07, 6.45) is 0. The molecule has 0 heterocycles. The second-order valence-electron chi connectivity index (χ2n) is 8.02. The Morgan fingerprint density at radius 2 is 1.83 bits per heavy atom. The van der Waals surface area contributed by atoms with Crippen molar-refractivity contribution >= 4 is 23.4 Å². The number of aryl methyl sites for hydroxylation is 2. The quantitative estimate of drug-likeness (QED) is 0.636. The molecule has 162 valence electrons. The molecule has 0 aliphatic carbocycles. The molecule has 1 atom stereocenters. The zero-order valence-electron chi connectivity index (χ0n) is 18.4. The van der Waals surface area contributed by atoms with Gasteiger partial charge in [0.25, 0.3) is 5.91 Å². The summed E-state index contributed by atoms with van der Waals surface area (Å²) >= 11 is 6.10. The van der Waals surface area contributed by atoms with Crippen molar-refractivity contribution in [1.82, 2.24) is 10.2 Å². The van der Waals surface area contributed by atoms with Gasteiger partial charge in [0, 0.05) is 18.1 Å². The van der Waals surface area contributed by atoms with Crippen molar-refractivity contribution in [2.75, 3.05) is 13.2 Å². The van der Waals surface area contributed by atoms with E-state index in [9.17, 15) is 9.59 Å². The van der Waals surface area contributed by atoms with Crippen LogP contribution in [0.4, 0.5) is 0 Å². The minimum atomic E-state index is -0.641. The predicted molar refractivity (Wildman–Crippen MR) is 121 cm³/mol. The maximum Gasteiger partial charge on any atom is 0.261 e. The summed E-state index contributed by atoms with van der Waals surface area (Å²) in [6, 6.07) is 12.5. The van der Waals surface area contributed by atoms with Crippen LogP contribution in [0.5, 0.6) is 5.75 Å². The molecule has 0 aliphatic rings. The van der Waals surface area contributed by atoms with Crippen LogP contribution in [0.2, 0.25) is 5.02 Å². The summed E-state index contributed by atoms with van der Waals surface area (Å²) < 4.78 is 5.80. The van der Waals surface area contributed by atoms with E-state index in [0.29, 0.717) is 23.2 Å². The van der Waals surface area contributed by atoms with Crippen molar-refractivity contribution in [3.8, 4) is 5.75 Å². The molecule has 0 saturated carbocycles. The lowest BCUT2D eigenvalue weighted by Gasteiger charge is -2.29. The molecular weight excluding hydrogens is 400 g/mol. The van der Waals surface area contributed by atoms with Crippen LogP contribution in [0.15, 0.2) is 42.5 Å².